The topological polar surface area (TPSA) is 56.0 Å². The van der Waals surface area contributed by atoms with Crippen LogP contribution in [0.15, 0.2) is 24.3 Å². The van der Waals surface area contributed by atoms with E-state index in [9.17, 15) is 9.50 Å². The van der Waals surface area contributed by atoms with Crippen LogP contribution in [0.4, 0.5) is 10.1 Å². The second-order valence-corrected chi connectivity index (χ2v) is 2.88. The molecule has 0 heterocycles. The van der Waals surface area contributed by atoms with E-state index in [1.807, 2.05) is 6.07 Å². The van der Waals surface area contributed by atoms with E-state index < -0.39 is 6.10 Å². The van der Waals surface area contributed by atoms with Gasteiger partial charge in [-0.25, -0.2) is 4.39 Å². The number of hydrogen-bond acceptors (Lipinski definition) is 3. The molecule has 0 aliphatic carbocycles. The van der Waals surface area contributed by atoms with Crippen molar-refractivity contribution in [3.05, 3.63) is 30.1 Å². The maximum Gasteiger partial charge on any atom is 0.146 e. The molecule has 0 saturated heterocycles. The highest BCUT2D eigenvalue weighted by Gasteiger charge is 2.04. The zero-order chi connectivity index (χ0) is 10.4. The Hall–Kier alpha value is -1.60. The fraction of sp³-hybridized carbons (Fsp3) is 0.300. The molecule has 0 bridgehead atoms. The summed E-state index contributed by atoms with van der Waals surface area (Å²) in [6.45, 7) is 0.175. The Bertz CT molecular complexity index is 335. The molecule has 0 amide bonds. The third-order valence-corrected chi connectivity index (χ3v) is 1.73. The van der Waals surface area contributed by atoms with Crippen molar-refractivity contribution in [2.45, 2.75) is 12.5 Å². The van der Waals surface area contributed by atoms with Crippen molar-refractivity contribution >= 4 is 5.69 Å². The lowest BCUT2D eigenvalue weighted by Gasteiger charge is -2.09. The van der Waals surface area contributed by atoms with E-state index >= 15 is 0 Å². The molecule has 0 aliphatic heterocycles. The van der Waals surface area contributed by atoms with Gasteiger partial charge in [0, 0.05) is 6.54 Å². The minimum absolute atomic E-state index is 0.0431. The zero-order valence-corrected chi connectivity index (χ0v) is 7.57. The molecule has 3 nitrogen and oxygen atoms in total. The normalized spacial score (nSPS) is 11.8. The smallest absolute Gasteiger partial charge is 0.146 e. The lowest BCUT2D eigenvalue weighted by atomic mass is 10.2. The van der Waals surface area contributed by atoms with Gasteiger partial charge in [0.2, 0.25) is 0 Å². The summed E-state index contributed by atoms with van der Waals surface area (Å²) in [7, 11) is 0. The molecule has 1 aromatic carbocycles. The standard InChI is InChI=1S/C10H11FN2O/c11-9-3-1-2-4-10(9)13-7-8(14)5-6-12/h1-4,8,13-14H,5,7H2. The number of hydrogen-bond donors (Lipinski definition) is 2. The minimum Gasteiger partial charge on any atom is -0.390 e. The van der Waals surface area contributed by atoms with Crippen LogP contribution in [0.1, 0.15) is 6.42 Å². The van der Waals surface area contributed by atoms with Gasteiger partial charge in [0.15, 0.2) is 0 Å². The lowest BCUT2D eigenvalue weighted by molar-refractivity contribution is 0.193. The molecule has 0 fully saturated rings. The molecule has 1 unspecified atom stereocenters. The second kappa shape index (κ2) is 5.20. The Kier molecular flexibility index (Phi) is 3.89. The van der Waals surface area contributed by atoms with Crippen LogP contribution in [0.25, 0.3) is 0 Å². The summed E-state index contributed by atoms with van der Waals surface area (Å²) in [5.41, 5.74) is 0.337. The Morgan fingerprint density at radius 3 is 2.86 bits per heavy atom. The van der Waals surface area contributed by atoms with Crippen LogP contribution in [0.3, 0.4) is 0 Å². The van der Waals surface area contributed by atoms with Crippen LogP contribution in [0, 0.1) is 17.1 Å². The summed E-state index contributed by atoms with van der Waals surface area (Å²) in [4.78, 5) is 0. The van der Waals surface area contributed by atoms with E-state index in [2.05, 4.69) is 5.32 Å². The maximum absolute atomic E-state index is 13.0. The van der Waals surface area contributed by atoms with Crippen molar-refractivity contribution in [2.24, 2.45) is 0 Å². The van der Waals surface area contributed by atoms with Crippen LogP contribution < -0.4 is 5.32 Å². The Morgan fingerprint density at radius 1 is 1.50 bits per heavy atom. The molecular formula is C10H11FN2O. The molecule has 14 heavy (non-hydrogen) atoms. The van der Waals surface area contributed by atoms with Gasteiger partial charge >= 0.3 is 0 Å². The number of benzene rings is 1. The molecule has 2 N–H and O–H groups in total. The molecule has 1 atom stereocenters. The Balaban J connectivity index is 2.46. The van der Waals surface area contributed by atoms with Gasteiger partial charge < -0.3 is 10.4 Å². The molecular weight excluding hydrogens is 183 g/mol. The van der Waals surface area contributed by atoms with Crippen molar-refractivity contribution in [2.75, 3.05) is 11.9 Å². The summed E-state index contributed by atoms with van der Waals surface area (Å²) in [6.07, 6.45) is -0.721. The van der Waals surface area contributed by atoms with Crippen molar-refractivity contribution in [3.8, 4) is 6.07 Å². The number of anilines is 1. The van der Waals surface area contributed by atoms with E-state index in [4.69, 9.17) is 5.26 Å². The number of halogens is 1. The molecule has 0 aromatic heterocycles. The molecule has 0 aliphatic rings. The summed E-state index contributed by atoms with van der Waals surface area (Å²) in [6, 6.07) is 8.03. The SMILES string of the molecule is N#CCC(O)CNc1ccccc1F. The van der Waals surface area contributed by atoms with Gasteiger partial charge in [-0.1, -0.05) is 12.1 Å². The monoisotopic (exact) mass is 194 g/mol. The predicted molar refractivity (Wildman–Crippen MR) is 51.1 cm³/mol. The van der Waals surface area contributed by atoms with E-state index in [1.165, 1.54) is 6.07 Å². The quantitative estimate of drug-likeness (QED) is 0.763. The van der Waals surface area contributed by atoms with Gasteiger partial charge in [0.05, 0.1) is 24.3 Å². The molecule has 1 aromatic rings. The van der Waals surface area contributed by atoms with Crippen LogP contribution in [0.5, 0.6) is 0 Å². The molecule has 4 heteroatoms. The van der Waals surface area contributed by atoms with Crippen LogP contribution in [-0.4, -0.2) is 17.8 Å². The van der Waals surface area contributed by atoms with E-state index in [0.29, 0.717) is 5.69 Å². The number of aliphatic hydroxyl groups excluding tert-OH is 1. The first-order valence-electron chi connectivity index (χ1n) is 4.27. The van der Waals surface area contributed by atoms with Crippen LogP contribution in [-0.2, 0) is 0 Å². The number of para-hydroxylation sites is 1. The zero-order valence-electron chi connectivity index (χ0n) is 7.57. The van der Waals surface area contributed by atoms with E-state index in [-0.39, 0.29) is 18.8 Å². The summed E-state index contributed by atoms with van der Waals surface area (Å²) >= 11 is 0. The van der Waals surface area contributed by atoms with Gasteiger partial charge in [0.1, 0.15) is 5.82 Å². The summed E-state index contributed by atoms with van der Waals surface area (Å²) < 4.78 is 13.0. The summed E-state index contributed by atoms with van der Waals surface area (Å²) in [5.74, 6) is -0.364. The number of nitrogens with zero attached hydrogens (tertiary/aromatic N) is 1. The van der Waals surface area contributed by atoms with Gasteiger partial charge in [-0.3, -0.25) is 0 Å². The summed E-state index contributed by atoms with van der Waals surface area (Å²) in [5, 5.41) is 20.2. The van der Waals surface area contributed by atoms with Crippen molar-refractivity contribution in [3.63, 3.8) is 0 Å². The number of nitrogens with one attached hydrogen (secondary N) is 1. The first-order valence-corrected chi connectivity index (χ1v) is 4.27. The predicted octanol–water partition coefficient (Wildman–Crippen LogP) is 1.51. The lowest BCUT2D eigenvalue weighted by Crippen LogP contribution is -2.19. The first-order chi connectivity index (χ1) is 6.74. The molecule has 0 spiro atoms. The average Bonchev–Trinajstić information content (AvgIpc) is 2.17. The highest BCUT2D eigenvalue weighted by Crippen LogP contribution is 2.12. The van der Waals surface area contributed by atoms with Gasteiger partial charge in [-0.2, -0.15) is 5.26 Å². The van der Waals surface area contributed by atoms with Crippen molar-refractivity contribution in [1.82, 2.24) is 0 Å². The van der Waals surface area contributed by atoms with Crippen LogP contribution >= 0.6 is 0 Å². The first kappa shape index (κ1) is 10.5. The van der Waals surface area contributed by atoms with Gasteiger partial charge in [0.25, 0.3) is 0 Å². The van der Waals surface area contributed by atoms with Gasteiger partial charge in [-0.15, -0.1) is 0 Å². The maximum atomic E-state index is 13.0. The molecule has 0 radical (unpaired) electrons. The molecule has 1 rings (SSSR count). The van der Waals surface area contributed by atoms with Gasteiger partial charge in [-0.05, 0) is 12.1 Å². The highest BCUT2D eigenvalue weighted by molar-refractivity contribution is 5.44. The molecule has 74 valence electrons. The van der Waals surface area contributed by atoms with Crippen molar-refractivity contribution < 1.29 is 9.50 Å². The fourth-order valence-corrected chi connectivity index (χ4v) is 1.01. The Labute approximate surface area is 81.8 Å². The third kappa shape index (κ3) is 3.04. The highest BCUT2D eigenvalue weighted by atomic mass is 19.1. The number of aliphatic hydroxyl groups is 1. The van der Waals surface area contributed by atoms with E-state index in [0.717, 1.165) is 0 Å². The second-order valence-electron chi connectivity index (χ2n) is 2.88. The van der Waals surface area contributed by atoms with Crippen LogP contribution in [0.2, 0.25) is 0 Å². The van der Waals surface area contributed by atoms with E-state index in [1.54, 1.807) is 18.2 Å². The third-order valence-electron chi connectivity index (χ3n) is 1.73. The number of rotatable bonds is 4. The average molecular weight is 194 g/mol. The number of nitriles is 1. The van der Waals surface area contributed by atoms with Crippen molar-refractivity contribution in [1.29, 1.82) is 5.26 Å². The fourth-order valence-electron chi connectivity index (χ4n) is 1.01. The largest absolute Gasteiger partial charge is 0.390 e. The minimum atomic E-state index is -0.764. The Morgan fingerprint density at radius 2 is 2.21 bits per heavy atom. The molecule has 0 saturated carbocycles.